The van der Waals surface area contributed by atoms with Crippen molar-refractivity contribution in [1.82, 2.24) is 0 Å². The van der Waals surface area contributed by atoms with Gasteiger partial charge in [0.15, 0.2) is 0 Å². The lowest BCUT2D eigenvalue weighted by Crippen LogP contribution is -2.40. The van der Waals surface area contributed by atoms with Crippen molar-refractivity contribution in [2.75, 3.05) is 5.32 Å². The fourth-order valence-corrected chi connectivity index (χ4v) is 3.58. The first kappa shape index (κ1) is 15.8. The number of fused-ring (bicyclic) bond motifs is 2. The summed E-state index contributed by atoms with van der Waals surface area (Å²) in [4.78, 5) is 34.7. The van der Waals surface area contributed by atoms with Gasteiger partial charge in [-0.2, -0.15) is 0 Å². The van der Waals surface area contributed by atoms with Gasteiger partial charge in [-0.25, -0.2) is 4.79 Å². The first-order valence-corrected chi connectivity index (χ1v) is 7.48. The van der Waals surface area contributed by atoms with E-state index in [4.69, 9.17) is 21.4 Å². The predicted molar refractivity (Wildman–Crippen MR) is 79.6 cm³/mol. The number of hydrogen-bond acceptors (Lipinski definition) is 4. The van der Waals surface area contributed by atoms with Crippen LogP contribution in [0.5, 0.6) is 0 Å². The minimum absolute atomic E-state index is 0.00530. The molecular formula is C15H14ClNO6. The molecule has 1 aromatic carbocycles. The van der Waals surface area contributed by atoms with E-state index in [0.29, 0.717) is 18.5 Å². The van der Waals surface area contributed by atoms with Gasteiger partial charge in [0.05, 0.1) is 34.6 Å². The SMILES string of the molecule is O=C(O)c1ccc(NC(=O)C2C3CCC(O3)C2C(=O)O)cc1Cl. The van der Waals surface area contributed by atoms with Gasteiger partial charge in [-0.05, 0) is 31.0 Å². The highest BCUT2D eigenvalue weighted by Crippen LogP contribution is 2.44. The van der Waals surface area contributed by atoms with Gasteiger partial charge in [0.25, 0.3) is 0 Å². The zero-order valence-corrected chi connectivity index (χ0v) is 12.6. The van der Waals surface area contributed by atoms with Crippen molar-refractivity contribution < 1.29 is 29.3 Å². The number of ether oxygens (including phenoxy) is 1. The Morgan fingerprint density at radius 3 is 2.35 bits per heavy atom. The van der Waals surface area contributed by atoms with Crippen LogP contribution in [0.25, 0.3) is 0 Å². The van der Waals surface area contributed by atoms with E-state index in [0.717, 1.165) is 0 Å². The molecule has 122 valence electrons. The second kappa shape index (κ2) is 5.82. The van der Waals surface area contributed by atoms with E-state index < -0.39 is 41.9 Å². The van der Waals surface area contributed by atoms with Crippen LogP contribution in [0.15, 0.2) is 18.2 Å². The summed E-state index contributed by atoms with van der Waals surface area (Å²) in [5.41, 5.74) is 0.244. The van der Waals surface area contributed by atoms with Crippen molar-refractivity contribution in [3.05, 3.63) is 28.8 Å². The van der Waals surface area contributed by atoms with Gasteiger partial charge >= 0.3 is 11.9 Å². The summed E-state index contributed by atoms with van der Waals surface area (Å²) in [6.45, 7) is 0. The molecule has 1 aromatic rings. The maximum Gasteiger partial charge on any atom is 0.337 e. The van der Waals surface area contributed by atoms with Crippen LogP contribution in [0.2, 0.25) is 5.02 Å². The third-order valence-electron chi connectivity index (χ3n) is 4.33. The average Bonchev–Trinajstić information content (AvgIpc) is 3.07. The quantitative estimate of drug-likeness (QED) is 0.771. The van der Waals surface area contributed by atoms with Crippen LogP contribution in [0.4, 0.5) is 5.69 Å². The van der Waals surface area contributed by atoms with Crippen LogP contribution in [-0.2, 0) is 14.3 Å². The summed E-state index contributed by atoms with van der Waals surface area (Å²) in [7, 11) is 0. The highest BCUT2D eigenvalue weighted by Gasteiger charge is 2.55. The highest BCUT2D eigenvalue weighted by molar-refractivity contribution is 6.33. The summed E-state index contributed by atoms with van der Waals surface area (Å²) in [5, 5.41) is 20.8. The van der Waals surface area contributed by atoms with E-state index in [1.165, 1.54) is 18.2 Å². The Morgan fingerprint density at radius 2 is 1.78 bits per heavy atom. The number of halogens is 1. The number of nitrogens with one attached hydrogen (secondary N) is 1. The summed E-state index contributed by atoms with van der Waals surface area (Å²) < 4.78 is 5.55. The van der Waals surface area contributed by atoms with Gasteiger partial charge in [0.1, 0.15) is 0 Å². The van der Waals surface area contributed by atoms with Crippen LogP contribution >= 0.6 is 11.6 Å². The number of benzene rings is 1. The number of anilines is 1. The molecule has 0 saturated carbocycles. The molecule has 0 spiro atoms. The fraction of sp³-hybridized carbons (Fsp3) is 0.400. The minimum Gasteiger partial charge on any atom is -0.481 e. The van der Waals surface area contributed by atoms with Crippen LogP contribution < -0.4 is 5.32 Å². The first-order valence-electron chi connectivity index (χ1n) is 7.10. The number of aromatic carboxylic acids is 1. The molecule has 0 aliphatic carbocycles. The lowest BCUT2D eigenvalue weighted by Gasteiger charge is -2.23. The van der Waals surface area contributed by atoms with E-state index in [9.17, 15) is 19.5 Å². The van der Waals surface area contributed by atoms with Crippen molar-refractivity contribution in [1.29, 1.82) is 0 Å². The van der Waals surface area contributed by atoms with Crippen LogP contribution in [-0.4, -0.2) is 40.3 Å². The second-order valence-electron chi connectivity index (χ2n) is 5.67. The summed E-state index contributed by atoms with van der Waals surface area (Å²) in [5.74, 6) is -4.28. The molecule has 3 N–H and O–H groups in total. The number of aliphatic carboxylic acids is 1. The Balaban J connectivity index is 1.78. The van der Waals surface area contributed by atoms with E-state index in [1.807, 2.05) is 0 Å². The molecule has 2 heterocycles. The van der Waals surface area contributed by atoms with Crippen LogP contribution in [0.3, 0.4) is 0 Å². The molecule has 7 nitrogen and oxygen atoms in total. The van der Waals surface area contributed by atoms with Crippen molar-refractivity contribution in [2.24, 2.45) is 11.8 Å². The highest BCUT2D eigenvalue weighted by atomic mass is 35.5. The Bertz CT molecular complexity index is 691. The van der Waals surface area contributed by atoms with E-state index in [2.05, 4.69) is 5.32 Å². The Kier molecular flexibility index (Phi) is 3.99. The molecule has 4 unspecified atom stereocenters. The smallest absolute Gasteiger partial charge is 0.337 e. The monoisotopic (exact) mass is 339 g/mol. The zero-order chi connectivity index (χ0) is 16.7. The normalized spacial score (nSPS) is 28.6. The molecule has 2 saturated heterocycles. The third kappa shape index (κ3) is 2.77. The lowest BCUT2D eigenvalue weighted by molar-refractivity contribution is -0.147. The van der Waals surface area contributed by atoms with Gasteiger partial charge in [-0.1, -0.05) is 11.6 Å². The van der Waals surface area contributed by atoms with Crippen LogP contribution in [0.1, 0.15) is 23.2 Å². The molecule has 2 fully saturated rings. The Morgan fingerprint density at radius 1 is 1.13 bits per heavy atom. The fourth-order valence-electron chi connectivity index (χ4n) is 3.32. The maximum absolute atomic E-state index is 12.4. The van der Waals surface area contributed by atoms with Crippen molar-refractivity contribution in [2.45, 2.75) is 25.0 Å². The van der Waals surface area contributed by atoms with Gasteiger partial charge in [-0.3, -0.25) is 9.59 Å². The van der Waals surface area contributed by atoms with E-state index in [-0.39, 0.29) is 10.6 Å². The van der Waals surface area contributed by atoms with Gasteiger partial charge in [-0.15, -0.1) is 0 Å². The Hall–Kier alpha value is -2.12. The largest absolute Gasteiger partial charge is 0.481 e. The molecule has 3 rings (SSSR count). The number of carbonyl (C=O) groups excluding carboxylic acids is 1. The molecule has 2 bridgehead atoms. The van der Waals surface area contributed by atoms with Gasteiger partial charge in [0, 0.05) is 5.69 Å². The predicted octanol–water partition coefficient (Wildman–Crippen LogP) is 1.85. The second-order valence-corrected chi connectivity index (χ2v) is 6.08. The third-order valence-corrected chi connectivity index (χ3v) is 4.64. The molecule has 8 heteroatoms. The number of carbonyl (C=O) groups is 3. The molecule has 0 radical (unpaired) electrons. The van der Waals surface area contributed by atoms with Gasteiger partial charge < -0.3 is 20.3 Å². The number of amides is 1. The number of hydrogen-bond donors (Lipinski definition) is 3. The van der Waals surface area contributed by atoms with Crippen molar-refractivity contribution >= 4 is 35.1 Å². The standard InChI is InChI=1S/C15H14ClNO6/c16-8-5-6(1-2-7(8)14(19)20)17-13(18)11-9-3-4-10(23-9)12(11)15(21)22/h1-2,5,9-12H,3-4H2,(H,17,18)(H,19,20)(H,21,22). The minimum atomic E-state index is -1.17. The maximum atomic E-state index is 12.4. The summed E-state index contributed by atoms with van der Waals surface area (Å²) >= 11 is 5.86. The van der Waals surface area contributed by atoms with E-state index in [1.54, 1.807) is 0 Å². The molecule has 2 aliphatic rings. The summed E-state index contributed by atoms with van der Waals surface area (Å²) in [6.07, 6.45) is 0.483. The number of carboxylic acid groups (broad SMARTS) is 2. The molecular weight excluding hydrogens is 326 g/mol. The van der Waals surface area contributed by atoms with E-state index >= 15 is 0 Å². The lowest BCUT2D eigenvalue weighted by atomic mass is 9.78. The first-order chi connectivity index (χ1) is 10.9. The van der Waals surface area contributed by atoms with Crippen molar-refractivity contribution in [3.8, 4) is 0 Å². The number of rotatable bonds is 4. The number of carboxylic acids is 2. The molecule has 4 atom stereocenters. The zero-order valence-electron chi connectivity index (χ0n) is 11.9. The van der Waals surface area contributed by atoms with Crippen LogP contribution in [0, 0.1) is 11.8 Å². The average molecular weight is 340 g/mol. The Labute approximate surface area is 136 Å². The molecule has 2 aliphatic heterocycles. The summed E-state index contributed by atoms with van der Waals surface area (Å²) in [6, 6.07) is 4.02. The molecule has 0 aromatic heterocycles. The topological polar surface area (TPSA) is 113 Å². The van der Waals surface area contributed by atoms with Gasteiger partial charge in [0.2, 0.25) is 5.91 Å². The molecule has 1 amide bonds. The van der Waals surface area contributed by atoms with Crippen molar-refractivity contribution in [3.63, 3.8) is 0 Å². The molecule has 23 heavy (non-hydrogen) atoms.